The van der Waals surface area contributed by atoms with Gasteiger partial charge in [-0.25, -0.2) is 0 Å². The third kappa shape index (κ3) is 1.69. The number of hydrogen-bond donors (Lipinski definition) is 3. The van der Waals surface area contributed by atoms with Crippen LogP contribution in [-0.4, -0.2) is 35.4 Å². The van der Waals surface area contributed by atoms with Crippen molar-refractivity contribution in [2.24, 2.45) is 5.73 Å². The molecule has 1 unspecified atom stereocenters. The first kappa shape index (κ1) is 8.03. The molecule has 1 rings (SSSR count). The second kappa shape index (κ2) is 3.36. The molecule has 0 radical (unpaired) electrons. The minimum atomic E-state index is -0.579. The maximum atomic E-state index is 10.7. The molecule has 5 nitrogen and oxygen atoms in total. The van der Waals surface area contributed by atoms with Gasteiger partial charge in [-0.2, -0.15) is 0 Å². The van der Waals surface area contributed by atoms with Gasteiger partial charge >= 0.3 is 0 Å². The molecule has 0 aromatic carbocycles. The van der Waals surface area contributed by atoms with Gasteiger partial charge < -0.3 is 15.7 Å². The molecular formula is C6H11N3O2. The average Bonchev–Trinajstić information content (AvgIpc) is 2.04. The van der Waals surface area contributed by atoms with Crippen molar-refractivity contribution in [3.05, 3.63) is 12.3 Å². The number of nitrogens with zero attached hydrogens (tertiary/aromatic N) is 1. The van der Waals surface area contributed by atoms with E-state index in [2.05, 4.69) is 5.32 Å². The zero-order valence-corrected chi connectivity index (χ0v) is 6.03. The van der Waals surface area contributed by atoms with Crippen LogP contribution in [0.3, 0.4) is 0 Å². The van der Waals surface area contributed by atoms with Gasteiger partial charge in [0.05, 0.1) is 0 Å². The highest BCUT2D eigenvalue weighted by molar-refractivity contribution is 5.79. The molecule has 5 heteroatoms. The maximum absolute atomic E-state index is 10.7. The maximum Gasteiger partial charge on any atom is 0.255 e. The Labute approximate surface area is 64.5 Å². The summed E-state index contributed by atoms with van der Waals surface area (Å²) in [7, 11) is 0. The van der Waals surface area contributed by atoms with Crippen molar-refractivity contribution in [2.45, 2.75) is 6.17 Å². The Morgan fingerprint density at radius 3 is 3.09 bits per heavy atom. The van der Waals surface area contributed by atoms with Gasteiger partial charge in [0.1, 0.15) is 6.73 Å². The van der Waals surface area contributed by atoms with Crippen LogP contribution in [0.25, 0.3) is 0 Å². The van der Waals surface area contributed by atoms with Crippen LogP contribution in [0.4, 0.5) is 0 Å². The number of nitrogens with one attached hydrogen (secondary N) is 1. The fourth-order valence-corrected chi connectivity index (χ4v) is 0.964. The fourth-order valence-electron chi connectivity index (χ4n) is 0.964. The Morgan fingerprint density at radius 2 is 2.64 bits per heavy atom. The summed E-state index contributed by atoms with van der Waals surface area (Å²) in [6, 6.07) is 0. The number of carbonyl (C=O) groups is 1. The largest absolute Gasteiger partial charge is 0.376 e. The number of nitrogens with two attached hydrogens (primary N) is 1. The Bertz CT molecular complexity index is 181. The van der Waals surface area contributed by atoms with Gasteiger partial charge in [0, 0.05) is 12.7 Å². The summed E-state index contributed by atoms with van der Waals surface area (Å²) in [5, 5.41) is 11.6. The summed E-state index contributed by atoms with van der Waals surface area (Å²) in [6.07, 6.45) is 2.87. The number of hydrogen-bond acceptors (Lipinski definition) is 4. The lowest BCUT2D eigenvalue weighted by atomic mass is 10.3. The molecule has 1 amide bonds. The van der Waals surface area contributed by atoms with Crippen molar-refractivity contribution in [3.8, 4) is 0 Å². The van der Waals surface area contributed by atoms with E-state index >= 15 is 0 Å². The topological polar surface area (TPSA) is 78.6 Å². The molecule has 1 aliphatic heterocycles. The summed E-state index contributed by atoms with van der Waals surface area (Å²) in [5.41, 5.74) is 5.05. The quantitative estimate of drug-likeness (QED) is 0.440. The molecule has 0 aliphatic carbocycles. The third-order valence-corrected chi connectivity index (χ3v) is 1.49. The Balaban J connectivity index is 2.63. The van der Waals surface area contributed by atoms with E-state index < -0.39 is 12.1 Å². The van der Waals surface area contributed by atoms with Crippen LogP contribution in [0.5, 0.6) is 0 Å². The minimum absolute atomic E-state index is 0.211. The van der Waals surface area contributed by atoms with E-state index in [-0.39, 0.29) is 6.73 Å². The Kier molecular flexibility index (Phi) is 2.45. The summed E-state index contributed by atoms with van der Waals surface area (Å²) in [4.78, 5) is 12.1. The Hall–Kier alpha value is -1.07. The Morgan fingerprint density at radius 1 is 1.91 bits per heavy atom. The molecule has 0 fully saturated rings. The van der Waals surface area contributed by atoms with Crippen LogP contribution in [0.2, 0.25) is 0 Å². The fraction of sp³-hybridized carbons (Fsp3) is 0.500. The van der Waals surface area contributed by atoms with Gasteiger partial charge in [0.15, 0.2) is 6.17 Å². The molecule has 11 heavy (non-hydrogen) atoms. The van der Waals surface area contributed by atoms with E-state index in [1.54, 1.807) is 12.3 Å². The first-order valence-electron chi connectivity index (χ1n) is 3.31. The molecule has 0 spiro atoms. The average molecular weight is 157 g/mol. The van der Waals surface area contributed by atoms with E-state index in [4.69, 9.17) is 10.8 Å². The van der Waals surface area contributed by atoms with Crippen molar-refractivity contribution in [1.82, 2.24) is 10.2 Å². The van der Waals surface area contributed by atoms with Gasteiger partial charge in [-0.15, -0.1) is 0 Å². The summed E-state index contributed by atoms with van der Waals surface area (Å²) < 4.78 is 0. The number of aliphatic hydroxyl groups excluding tert-OH is 1. The summed E-state index contributed by atoms with van der Waals surface area (Å²) >= 11 is 0. The number of primary amides is 1. The van der Waals surface area contributed by atoms with E-state index in [0.29, 0.717) is 6.54 Å². The van der Waals surface area contributed by atoms with Crippen LogP contribution >= 0.6 is 0 Å². The van der Waals surface area contributed by atoms with Crippen molar-refractivity contribution in [3.63, 3.8) is 0 Å². The van der Waals surface area contributed by atoms with Crippen LogP contribution in [0.15, 0.2) is 12.3 Å². The van der Waals surface area contributed by atoms with E-state index in [1.165, 1.54) is 4.90 Å². The molecule has 0 bridgehead atoms. The van der Waals surface area contributed by atoms with Crippen molar-refractivity contribution >= 4 is 5.91 Å². The lowest BCUT2D eigenvalue weighted by molar-refractivity contribution is -0.124. The molecule has 1 heterocycles. The van der Waals surface area contributed by atoms with Gasteiger partial charge in [-0.05, 0) is 0 Å². The van der Waals surface area contributed by atoms with Gasteiger partial charge in [0.2, 0.25) is 0 Å². The number of amides is 1. The van der Waals surface area contributed by atoms with E-state index in [0.717, 1.165) is 0 Å². The normalized spacial score (nSPS) is 23.7. The predicted octanol–water partition coefficient (Wildman–Crippen LogP) is -1.83. The molecule has 0 aromatic heterocycles. The standard InChI is InChI=1S/C6H11N3O2/c7-5(11)6-8-2-1-3-9(6)4-10/h1,3,6,8,10H,2,4H2,(H2,7,11). The van der Waals surface area contributed by atoms with Gasteiger partial charge in [-0.3, -0.25) is 10.1 Å². The molecule has 0 aromatic rings. The highest BCUT2D eigenvalue weighted by atomic mass is 16.3. The monoisotopic (exact) mass is 157 g/mol. The van der Waals surface area contributed by atoms with Crippen LogP contribution in [-0.2, 0) is 4.79 Å². The van der Waals surface area contributed by atoms with Gasteiger partial charge in [-0.1, -0.05) is 6.08 Å². The first-order chi connectivity index (χ1) is 5.25. The van der Waals surface area contributed by atoms with Crippen LogP contribution in [0.1, 0.15) is 0 Å². The summed E-state index contributed by atoms with van der Waals surface area (Å²) in [5.74, 6) is -0.483. The van der Waals surface area contributed by atoms with Crippen molar-refractivity contribution < 1.29 is 9.90 Å². The smallest absolute Gasteiger partial charge is 0.255 e. The zero-order chi connectivity index (χ0) is 8.27. The van der Waals surface area contributed by atoms with Crippen molar-refractivity contribution in [2.75, 3.05) is 13.3 Å². The number of aliphatic hydroxyl groups is 1. The second-order valence-corrected chi connectivity index (χ2v) is 2.25. The number of rotatable bonds is 2. The highest BCUT2D eigenvalue weighted by Gasteiger charge is 2.21. The molecule has 1 atom stereocenters. The first-order valence-corrected chi connectivity index (χ1v) is 3.31. The molecule has 4 N–H and O–H groups in total. The van der Waals surface area contributed by atoms with Crippen LogP contribution < -0.4 is 11.1 Å². The lowest BCUT2D eigenvalue weighted by Gasteiger charge is -2.29. The number of carbonyl (C=O) groups excluding carboxylic acids is 1. The highest BCUT2D eigenvalue weighted by Crippen LogP contribution is 1.99. The molecular weight excluding hydrogens is 146 g/mol. The van der Waals surface area contributed by atoms with E-state index in [1.807, 2.05) is 0 Å². The van der Waals surface area contributed by atoms with Crippen LogP contribution in [0, 0.1) is 0 Å². The minimum Gasteiger partial charge on any atom is -0.376 e. The molecule has 0 saturated carbocycles. The third-order valence-electron chi connectivity index (χ3n) is 1.49. The predicted molar refractivity (Wildman–Crippen MR) is 39.0 cm³/mol. The molecule has 62 valence electrons. The van der Waals surface area contributed by atoms with Crippen molar-refractivity contribution in [1.29, 1.82) is 0 Å². The van der Waals surface area contributed by atoms with Gasteiger partial charge in [0.25, 0.3) is 5.91 Å². The molecule has 0 saturated heterocycles. The van der Waals surface area contributed by atoms with E-state index in [9.17, 15) is 4.79 Å². The SMILES string of the molecule is NC(=O)C1NCC=CN1CO. The lowest BCUT2D eigenvalue weighted by Crippen LogP contribution is -2.53. The molecule has 1 aliphatic rings. The summed E-state index contributed by atoms with van der Waals surface area (Å²) in [6.45, 7) is 0.390. The zero-order valence-electron chi connectivity index (χ0n) is 6.03. The second-order valence-electron chi connectivity index (χ2n) is 2.25.